The van der Waals surface area contributed by atoms with Gasteiger partial charge in [0.25, 0.3) is 0 Å². The quantitative estimate of drug-likeness (QED) is 0.524. The Morgan fingerprint density at radius 3 is 2.33 bits per heavy atom. The van der Waals surface area contributed by atoms with E-state index in [9.17, 15) is 9.18 Å². The number of carbonyl (C=O) groups excluding carboxylic acids is 1. The van der Waals surface area contributed by atoms with Crippen LogP contribution in [0.3, 0.4) is 0 Å². The molecule has 2 aliphatic rings. The summed E-state index contributed by atoms with van der Waals surface area (Å²) in [5.41, 5.74) is 2.76. The van der Waals surface area contributed by atoms with Gasteiger partial charge < -0.3 is 24.4 Å². The summed E-state index contributed by atoms with van der Waals surface area (Å²) in [6, 6.07) is 10.6. The molecule has 0 spiro atoms. The van der Waals surface area contributed by atoms with E-state index in [1.165, 1.54) is 17.7 Å². The Labute approximate surface area is 213 Å². The zero-order chi connectivity index (χ0) is 25.3. The van der Waals surface area contributed by atoms with Crippen LogP contribution < -0.4 is 19.7 Å². The molecule has 2 aromatic rings. The summed E-state index contributed by atoms with van der Waals surface area (Å²) in [6.07, 6.45) is 3.00. The molecule has 7 nitrogen and oxygen atoms in total. The molecular weight excluding hydrogens is 461 g/mol. The summed E-state index contributed by atoms with van der Waals surface area (Å²) >= 11 is 0. The number of morpholine rings is 1. The second-order valence-electron chi connectivity index (χ2n) is 9.38. The molecule has 2 heterocycles. The van der Waals surface area contributed by atoms with Gasteiger partial charge in [-0.2, -0.15) is 0 Å². The number of halogens is 1. The largest absolute Gasteiger partial charge is 0.492 e. The Hall–Kier alpha value is -2.84. The molecule has 0 bridgehead atoms. The van der Waals surface area contributed by atoms with Gasteiger partial charge in [-0.15, -0.1) is 0 Å². The van der Waals surface area contributed by atoms with E-state index in [-0.39, 0.29) is 11.7 Å². The maximum atomic E-state index is 13.2. The summed E-state index contributed by atoms with van der Waals surface area (Å²) in [5, 5.41) is 3.06. The summed E-state index contributed by atoms with van der Waals surface area (Å²) in [7, 11) is 0. The van der Waals surface area contributed by atoms with E-state index in [2.05, 4.69) is 15.1 Å². The highest BCUT2D eigenvalue weighted by atomic mass is 19.1. The lowest BCUT2D eigenvalue weighted by atomic mass is 9.90. The van der Waals surface area contributed by atoms with Crippen molar-refractivity contribution in [3.63, 3.8) is 0 Å². The minimum absolute atomic E-state index is 0.0606. The van der Waals surface area contributed by atoms with Crippen LogP contribution in [0.4, 0.5) is 15.8 Å². The van der Waals surface area contributed by atoms with Crippen molar-refractivity contribution in [2.75, 3.05) is 69.4 Å². The summed E-state index contributed by atoms with van der Waals surface area (Å²) in [5.74, 6) is 1.68. The minimum Gasteiger partial charge on any atom is -0.492 e. The molecule has 0 unspecified atom stereocenters. The van der Waals surface area contributed by atoms with Crippen molar-refractivity contribution in [3.05, 3.63) is 47.8 Å². The normalized spacial score (nSPS) is 17.1. The summed E-state index contributed by atoms with van der Waals surface area (Å²) < 4.78 is 30.5. The highest BCUT2D eigenvalue weighted by Gasteiger charge is 2.23. The first-order valence-electron chi connectivity index (χ1n) is 13.1. The molecule has 2 aromatic carbocycles. The molecule has 0 saturated carbocycles. The van der Waals surface area contributed by atoms with E-state index in [0.717, 1.165) is 56.9 Å². The first-order valence-corrected chi connectivity index (χ1v) is 13.1. The van der Waals surface area contributed by atoms with Crippen LogP contribution >= 0.6 is 0 Å². The number of hydrogen-bond acceptors (Lipinski definition) is 6. The number of anilines is 2. The number of piperidine rings is 1. The second-order valence-corrected chi connectivity index (χ2v) is 9.38. The molecular formula is C28H38FN3O4. The van der Waals surface area contributed by atoms with Crippen molar-refractivity contribution in [2.24, 2.45) is 5.92 Å². The van der Waals surface area contributed by atoms with Gasteiger partial charge in [-0.3, -0.25) is 9.69 Å². The smallest absolute Gasteiger partial charge is 0.238 e. The van der Waals surface area contributed by atoms with Gasteiger partial charge in [-0.1, -0.05) is 12.1 Å². The monoisotopic (exact) mass is 499 g/mol. The standard InChI is InChI=1S/C28H38FN3O4/c1-3-35-26-19-25(32-13-15-34-16-14-32)27(36-4-2)18-24(26)30-28(33)20-31-11-9-22(10-12-31)17-21-5-7-23(29)8-6-21/h5-8,18-19,22H,3-4,9-17,20H2,1-2H3,(H,30,33). The number of amides is 1. The summed E-state index contributed by atoms with van der Waals surface area (Å²) in [4.78, 5) is 17.4. The number of ether oxygens (including phenoxy) is 3. The van der Waals surface area contributed by atoms with Crippen molar-refractivity contribution >= 4 is 17.3 Å². The van der Waals surface area contributed by atoms with E-state index in [4.69, 9.17) is 14.2 Å². The molecule has 2 aliphatic heterocycles. The van der Waals surface area contributed by atoms with Crippen LogP contribution in [-0.2, 0) is 16.0 Å². The highest BCUT2D eigenvalue weighted by Crippen LogP contribution is 2.39. The van der Waals surface area contributed by atoms with Crippen LogP contribution in [0.2, 0.25) is 0 Å². The SMILES string of the molecule is CCOc1cc(N2CCOCC2)c(OCC)cc1NC(=O)CN1CCC(Cc2ccc(F)cc2)CC1. The molecule has 1 N–H and O–H groups in total. The fourth-order valence-corrected chi connectivity index (χ4v) is 4.94. The lowest BCUT2D eigenvalue weighted by Gasteiger charge is -2.32. The van der Waals surface area contributed by atoms with Crippen molar-refractivity contribution in [1.82, 2.24) is 4.90 Å². The zero-order valence-corrected chi connectivity index (χ0v) is 21.4. The highest BCUT2D eigenvalue weighted by molar-refractivity contribution is 5.94. The van der Waals surface area contributed by atoms with Crippen LogP contribution in [0.1, 0.15) is 32.3 Å². The Bertz CT molecular complexity index is 987. The Kier molecular flexibility index (Phi) is 9.41. The number of carbonyl (C=O) groups is 1. The maximum absolute atomic E-state index is 13.2. The average Bonchev–Trinajstić information content (AvgIpc) is 2.89. The number of nitrogens with one attached hydrogen (secondary N) is 1. The zero-order valence-electron chi connectivity index (χ0n) is 21.4. The molecule has 2 saturated heterocycles. The van der Waals surface area contributed by atoms with E-state index < -0.39 is 0 Å². The number of hydrogen-bond donors (Lipinski definition) is 1. The van der Waals surface area contributed by atoms with Gasteiger partial charge in [0, 0.05) is 25.2 Å². The molecule has 8 heteroatoms. The van der Waals surface area contributed by atoms with E-state index in [0.29, 0.717) is 50.3 Å². The van der Waals surface area contributed by atoms with Crippen molar-refractivity contribution < 1.29 is 23.4 Å². The Morgan fingerprint density at radius 1 is 1.00 bits per heavy atom. The topological polar surface area (TPSA) is 63.3 Å². The van der Waals surface area contributed by atoms with Crippen LogP contribution in [-0.4, -0.2) is 70.0 Å². The molecule has 0 aromatic heterocycles. The first-order chi connectivity index (χ1) is 17.6. The first kappa shape index (κ1) is 26.2. The van der Waals surface area contributed by atoms with Gasteiger partial charge in [0.2, 0.25) is 5.91 Å². The number of rotatable bonds is 10. The van der Waals surface area contributed by atoms with Crippen LogP contribution in [0, 0.1) is 11.7 Å². The second kappa shape index (κ2) is 12.9. The average molecular weight is 500 g/mol. The van der Waals surface area contributed by atoms with Gasteiger partial charge in [-0.05, 0) is 69.8 Å². The predicted octanol–water partition coefficient (Wildman–Crippen LogP) is 4.35. The van der Waals surface area contributed by atoms with E-state index >= 15 is 0 Å². The van der Waals surface area contributed by atoms with Gasteiger partial charge in [0.1, 0.15) is 17.3 Å². The lowest BCUT2D eigenvalue weighted by molar-refractivity contribution is -0.117. The third kappa shape index (κ3) is 7.11. The minimum atomic E-state index is -0.198. The van der Waals surface area contributed by atoms with Crippen molar-refractivity contribution in [1.29, 1.82) is 0 Å². The van der Waals surface area contributed by atoms with Gasteiger partial charge >= 0.3 is 0 Å². The predicted molar refractivity (Wildman–Crippen MR) is 140 cm³/mol. The molecule has 2 fully saturated rings. The van der Waals surface area contributed by atoms with Crippen LogP contribution in [0.15, 0.2) is 36.4 Å². The molecule has 0 radical (unpaired) electrons. The fourth-order valence-electron chi connectivity index (χ4n) is 4.94. The molecule has 196 valence electrons. The molecule has 36 heavy (non-hydrogen) atoms. The van der Waals surface area contributed by atoms with E-state index in [1.54, 1.807) is 0 Å². The maximum Gasteiger partial charge on any atom is 0.238 e. The third-order valence-corrected chi connectivity index (χ3v) is 6.80. The van der Waals surface area contributed by atoms with Crippen LogP contribution in [0.5, 0.6) is 11.5 Å². The number of nitrogens with zero attached hydrogens (tertiary/aromatic N) is 2. The summed E-state index contributed by atoms with van der Waals surface area (Å²) in [6.45, 7) is 9.93. The van der Waals surface area contributed by atoms with Crippen LogP contribution in [0.25, 0.3) is 0 Å². The third-order valence-electron chi connectivity index (χ3n) is 6.80. The van der Waals surface area contributed by atoms with Crippen molar-refractivity contribution in [2.45, 2.75) is 33.1 Å². The van der Waals surface area contributed by atoms with Gasteiger partial charge in [0.05, 0.1) is 44.3 Å². The number of likely N-dealkylation sites (tertiary alicyclic amines) is 1. The van der Waals surface area contributed by atoms with Gasteiger partial charge in [0.15, 0.2) is 0 Å². The van der Waals surface area contributed by atoms with Gasteiger partial charge in [-0.25, -0.2) is 4.39 Å². The van der Waals surface area contributed by atoms with Crippen molar-refractivity contribution in [3.8, 4) is 11.5 Å². The Balaban J connectivity index is 1.36. The lowest BCUT2D eigenvalue weighted by Crippen LogP contribution is -2.39. The van der Waals surface area contributed by atoms with E-state index in [1.807, 2.05) is 38.1 Å². The molecule has 0 atom stereocenters. The number of benzene rings is 2. The Morgan fingerprint density at radius 2 is 1.67 bits per heavy atom. The molecule has 4 rings (SSSR count). The molecule has 0 aliphatic carbocycles. The fraction of sp³-hybridized carbons (Fsp3) is 0.536. The molecule has 1 amide bonds.